The zero-order valence-corrected chi connectivity index (χ0v) is 20.4. The summed E-state index contributed by atoms with van der Waals surface area (Å²) in [5.74, 6) is 0.580. The number of carbonyl (C=O) groups excluding carboxylic acids is 2. The lowest BCUT2D eigenvalue weighted by Gasteiger charge is -2.38. The first-order chi connectivity index (χ1) is 16.5. The van der Waals surface area contributed by atoms with E-state index in [-0.39, 0.29) is 36.5 Å². The van der Waals surface area contributed by atoms with Gasteiger partial charge >= 0.3 is 0 Å². The number of hydrogen-bond acceptors (Lipinski definition) is 4. The Morgan fingerprint density at radius 3 is 2.21 bits per heavy atom. The fraction of sp³-hybridized carbons (Fsp3) is 0.500. The Morgan fingerprint density at radius 2 is 1.56 bits per heavy atom. The Labute approximate surface area is 203 Å². The number of benzene rings is 2. The highest BCUT2D eigenvalue weighted by atomic mass is 16.5. The number of likely N-dealkylation sites (tertiary alicyclic amines) is 2. The van der Waals surface area contributed by atoms with E-state index in [1.165, 1.54) is 12.0 Å². The van der Waals surface area contributed by atoms with Gasteiger partial charge < -0.3 is 15.0 Å². The highest BCUT2D eigenvalue weighted by Gasteiger charge is 2.29. The van der Waals surface area contributed by atoms with Crippen LogP contribution in [0, 0.1) is 0 Å². The molecule has 1 N–H and O–H groups in total. The molecular formula is C28H37N3O3. The van der Waals surface area contributed by atoms with Gasteiger partial charge in [-0.3, -0.25) is 14.5 Å². The quantitative estimate of drug-likeness (QED) is 0.667. The number of piperidine rings is 2. The monoisotopic (exact) mass is 463 g/mol. The Kier molecular flexibility index (Phi) is 8.22. The van der Waals surface area contributed by atoms with Crippen molar-refractivity contribution in [3.8, 4) is 5.75 Å². The van der Waals surface area contributed by atoms with Gasteiger partial charge in [0.15, 0.2) is 6.61 Å². The molecule has 0 spiro atoms. The van der Waals surface area contributed by atoms with E-state index < -0.39 is 0 Å². The van der Waals surface area contributed by atoms with Crippen LogP contribution in [0.4, 0.5) is 0 Å². The Bertz CT molecular complexity index is 929. The number of nitrogens with zero attached hydrogens (tertiary/aromatic N) is 2. The summed E-state index contributed by atoms with van der Waals surface area (Å²) in [6.45, 7) is 7.16. The van der Waals surface area contributed by atoms with E-state index in [0.717, 1.165) is 45.3 Å². The Morgan fingerprint density at radius 1 is 0.912 bits per heavy atom. The Balaban J connectivity index is 1.21. The van der Waals surface area contributed by atoms with Crippen LogP contribution in [0.3, 0.4) is 0 Å². The maximum atomic E-state index is 12.7. The van der Waals surface area contributed by atoms with Crippen LogP contribution in [0.5, 0.6) is 5.75 Å². The van der Waals surface area contributed by atoms with E-state index in [1.54, 1.807) is 24.3 Å². The summed E-state index contributed by atoms with van der Waals surface area (Å²) in [4.78, 5) is 29.8. The van der Waals surface area contributed by atoms with Gasteiger partial charge in [0.1, 0.15) is 5.75 Å². The minimum Gasteiger partial charge on any atom is -0.484 e. The van der Waals surface area contributed by atoms with Gasteiger partial charge in [0.25, 0.3) is 11.8 Å². The lowest BCUT2D eigenvalue weighted by atomic mass is 9.97. The zero-order valence-electron chi connectivity index (χ0n) is 20.4. The highest BCUT2D eigenvalue weighted by Crippen LogP contribution is 2.23. The first kappa shape index (κ1) is 24.3. The molecule has 6 heteroatoms. The molecule has 2 amide bonds. The summed E-state index contributed by atoms with van der Waals surface area (Å²) in [7, 11) is 0. The number of amides is 2. The van der Waals surface area contributed by atoms with Gasteiger partial charge in [-0.05, 0) is 75.8 Å². The van der Waals surface area contributed by atoms with Crippen molar-refractivity contribution in [1.29, 1.82) is 0 Å². The first-order valence-electron chi connectivity index (χ1n) is 12.6. The second kappa shape index (κ2) is 11.5. The molecule has 4 rings (SSSR count). The minimum absolute atomic E-state index is 0.0279. The van der Waals surface area contributed by atoms with Gasteiger partial charge in [-0.2, -0.15) is 0 Å². The lowest BCUT2D eigenvalue weighted by molar-refractivity contribution is -0.139. The highest BCUT2D eigenvalue weighted by molar-refractivity contribution is 5.94. The van der Waals surface area contributed by atoms with E-state index >= 15 is 0 Å². The normalized spacial score (nSPS) is 21.8. The van der Waals surface area contributed by atoms with Crippen molar-refractivity contribution < 1.29 is 14.3 Å². The summed E-state index contributed by atoms with van der Waals surface area (Å²) < 4.78 is 5.73. The minimum atomic E-state index is -0.0555. The third-order valence-electron chi connectivity index (χ3n) is 7.13. The molecule has 2 aliphatic rings. The molecule has 2 fully saturated rings. The molecule has 2 saturated heterocycles. The summed E-state index contributed by atoms with van der Waals surface area (Å²) >= 11 is 0. The number of nitrogens with one attached hydrogen (secondary N) is 1. The van der Waals surface area contributed by atoms with Crippen molar-refractivity contribution in [2.24, 2.45) is 0 Å². The van der Waals surface area contributed by atoms with E-state index in [4.69, 9.17) is 4.74 Å². The topological polar surface area (TPSA) is 61.9 Å². The molecule has 2 aliphatic heterocycles. The fourth-order valence-corrected chi connectivity index (χ4v) is 5.18. The third-order valence-corrected chi connectivity index (χ3v) is 7.13. The first-order valence-corrected chi connectivity index (χ1v) is 12.6. The second-order valence-electron chi connectivity index (χ2n) is 9.75. The summed E-state index contributed by atoms with van der Waals surface area (Å²) in [5, 5.41) is 3.17. The summed E-state index contributed by atoms with van der Waals surface area (Å²) in [6.07, 6.45) is 5.17. The van der Waals surface area contributed by atoms with Gasteiger partial charge in [-0.1, -0.05) is 30.3 Å². The van der Waals surface area contributed by atoms with Gasteiger partial charge in [-0.25, -0.2) is 0 Å². The summed E-state index contributed by atoms with van der Waals surface area (Å²) in [5.41, 5.74) is 1.94. The molecule has 0 radical (unpaired) electrons. The molecule has 6 nitrogen and oxygen atoms in total. The molecule has 2 aromatic carbocycles. The van der Waals surface area contributed by atoms with Gasteiger partial charge in [0, 0.05) is 43.3 Å². The predicted molar refractivity (Wildman–Crippen MR) is 134 cm³/mol. The summed E-state index contributed by atoms with van der Waals surface area (Å²) in [6, 6.07) is 18.3. The van der Waals surface area contributed by atoms with Crippen LogP contribution in [-0.2, 0) is 11.3 Å². The van der Waals surface area contributed by atoms with E-state index in [2.05, 4.69) is 48.3 Å². The van der Waals surface area contributed by atoms with Crippen molar-refractivity contribution in [2.75, 3.05) is 19.7 Å². The van der Waals surface area contributed by atoms with Gasteiger partial charge in [0.05, 0.1) is 0 Å². The van der Waals surface area contributed by atoms with Crippen LogP contribution in [-0.4, -0.2) is 59.4 Å². The molecule has 2 aromatic rings. The molecule has 0 aromatic heterocycles. The number of carbonyl (C=O) groups is 2. The van der Waals surface area contributed by atoms with Crippen LogP contribution in [0.25, 0.3) is 0 Å². The molecule has 0 aliphatic carbocycles. The maximum Gasteiger partial charge on any atom is 0.260 e. The third kappa shape index (κ3) is 6.38. The average molecular weight is 464 g/mol. The van der Waals surface area contributed by atoms with Crippen LogP contribution >= 0.6 is 0 Å². The molecule has 34 heavy (non-hydrogen) atoms. The molecular weight excluding hydrogens is 426 g/mol. The molecule has 0 bridgehead atoms. The van der Waals surface area contributed by atoms with E-state index in [1.807, 2.05) is 11.0 Å². The molecule has 2 heterocycles. The van der Waals surface area contributed by atoms with Crippen LogP contribution in [0.1, 0.15) is 61.9 Å². The van der Waals surface area contributed by atoms with Crippen molar-refractivity contribution in [1.82, 2.24) is 15.1 Å². The molecule has 2 unspecified atom stereocenters. The Hall–Kier alpha value is -2.86. The van der Waals surface area contributed by atoms with Gasteiger partial charge in [0.2, 0.25) is 0 Å². The lowest BCUT2D eigenvalue weighted by Crippen LogP contribution is -2.49. The molecule has 2 atom stereocenters. The fourth-order valence-electron chi connectivity index (χ4n) is 5.18. The molecule has 182 valence electrons. The largest absolute Gasteiger partial charge is 0.484 e. The zero-order chi connectivity index (χ0) is 23.9. The van der Waals surface area contributed by atoms with Crippen molar-refractivity contribution in [3.05, 3.63) is 65.7 Å². The SMILES string of the molecule is CC1CCCC(C)N1C(=O)COc1ccc(C(=O)NC2CCN(Cc3ccccc3)CC2)cc1. The van der Waals surface area contributed by atoms with Crippen LogP contribution in [0.15, 0.2) is 54.6 Å². The smallest absolute Gasteiger partial charge is 0.260 e. The van der Waals surface area contributed by atoms with Crippen LogP contribution in [0.2, 0.25) is 0 Å². The maximum absolute atomic E-state index is 12.7. The standard InChI is InChI=1S/C28H37N3O3/c1-21-7-6-8-22(2)31(21)27(32)20-34-26-13-11-24(12-14-26)28(33)29-25-15-17-30(18-16-25)19-23-9-4-3-5-10-23/h3-5,9-14,21-22,25H,6-8,15-20H2,1-2H3,(H,29,33). The second-order valence-corrected chi connectivity index (χ2v) is 9.75. The van der Waals surface area contributed by atoms with Crippen molar-refractivity contribution in [3.63, 3.8) is 0 Å². The van der Waals surface area contributed by atoms with E-state index in [9.17, 15) is 9.59 Å². The average Bonchev–Trinajstić information content (AvgIpc) is 2.85. The number of hydrogen-bond donors (Lipinski definition) is 1. The number of ether oxygens (including phenoxy) is 1. The number of rotatable bonds is 7. The van der Waals surface area contributed by atoms with Gasteiger partial charge in [-0.15, -0.1) is 0 Å². The van der Waals surface area contributed by atoms with Crippen molar-refractivity contribution >= 4 is 11.8 Å². The molecule has 0 saturated carbocycles. The predicted octanol–water partition coefficient (Wildman–Crippen LogP) is 4.25. The van der Waals surface area contributed by atoms with E-state index in [0.29, 0.717) is 11.3 Å². The van der Waals surface area contributed by atoms with Crippen molar-refractivity contribution in [2.45, 2.75) is 70.6 Å². The van der Waals surface area contributed by atoms with Crippen LogP contribution < -0.4 is 10.1 Å².